The zero-order chi connectivity index (χ0) is 28.8. The maximum atomic E-state index is 6.19. The summed E-state index contributed by atoms with van der Waals surface area (Å²) in [5.41, 5.74) is 6.91. The Morgan fingerprint density at radius 1 is 0.364 bits per heavy atom. The van der Waals surface area contributed by atoms with E-state index < -0.39 is 0 Å². The summed E-state index contributed by atoms with van der Waals surface area (Å²) in [5.74, 6) is 0. The van der Waals surface area contributed by atoms with E-state index in [1.807, 2.05) is 35.6 Å². The number of hydrogen-bond acceptors (Lipinski definition) is 4. The Hall–Kier alpha value is -5.58. The van der Waals surface area contributed by atoms with Gasteiger partial charge in [0, 0.05) is 58.8 Å². The van der Waals surface area contributed by atoms with Crippen molar-refractivity contribution in [1.82, 2.24) is 0 Å². The second-order valence-electron chi connectivity index (χ2n) is 11.4. The van der Waals surface area contributed by atoms with Gasteiger partial charge in [-0.05, 0) is 83.6 Å². The van der Waals surface area contributed by atoms with Crippen molar-refractivity contribution >= 4 is 103 Å². The quantitative estimate of drug-likeness (QED) is 0.208. The van der Waals surface area contributed by atoms with Gasteiger partial charge in [0.15, 0.2) is 0 Å². The van der Waals surface area contributed by atoms with Crippen LogP contribution in [0.15, 0.2) is 148 Å². The molecule has 0 atom stereocenters. The maximum Gasteiger partial charge on any atom is 0.136 e. The second kappa shape index (κ2) is 8.96. The van der Waals surface area contributed by atoms with E-state index >= 15 is 0 Å². The van der Waals surface area contributed by atoms with Gasteiger partial charge in [-0.25, -0.2) is 0 Å². The van der Waals surface area contributed by atoms with E-state index in [9.17, 15) is 0 Å². The Bertz CT molecular complexity index is 2750. The van der Waals surface area contributed by atoms with Crippen molar-refractivity contribution in [1.29, 1.82) is 0 Å². The largest absolute Gasteiger partial charge is 0.456 e. The Morgan fingerprint density at radius 2 is 0.955 bits per heavy atom. The minimum Gasteiger partial charge on any atom is -0.456 e. The molecule has 0 unspecified atom stereocenters. The van der Waals surface area contributed by atoms with Crippen molar-refractivity contribution in [2.24, 2.45) is 0 Å². The fourth-order valence-corrected chi connectivity index (χ4v) is 7.89. The number of hydrogen-bond donors (Lipinski definition) is 0. The van der Waals surface area contributed by atoms with E-state index in [1.54, 1.807) is 0 Å². The monoisotopic (exact) mass is 581 g/mol. The van der Waals surface area contributed by atoms with Crippen LogP contribution >= 0.6 is 11.3 Å². The standard InChI is InChI=1S/C40H23NO2S/c1-5-11-36-29(7-1)33-20-25-19-26(14-13-24(25)21-38(33)43-36)41(27-16-18-37-34(22-27)30-8-2-4-10-35(30)42-37)28-15-17-32-31-9-3-6-12-39(31)44-40(32)23-28/h1-23H. The number of furan rings is 2. The molecule has 0 saturated carbocycles. The number of fused-ring (bicyclic) bond motifs is 10. The molecule has 10 rings (SSSR count). The molecule has 4 heteroatoms. The van der Waals surface area contributed by atoms with Gasteiger partial charge in [0.1, 0.15) is 22.3 Å². The van der Waals surface area contributed by atoms with Crippen LogP contribution < -0.4 is 4.90 Å². The van der Waals surface area contributed by atoms with Crippen LogP contribution in [-0.4, -0.2) is 0 Å². The molecule has 0 aliphatic carbocycles. The fourth-order valence-electron chi connectivity index (χ4n) is 6.75. The number of rotatable bonds is 3. The predicted molar refractivity (Wildman–Crippen MR) is 186 cm³/mol. The first-order chi connectivity index (χ1) is 21.8. The third-order valence-electron chi connectivity index (χ3n) is 8.82. The van der Waals surface area contributed by atoms with Crippen LogP contribution in [0.4, 0.5) is 17.1 Å². The lowest BCUT2D eigenvalue weighted by Gasteiger charge is -2.26. The molecule has 0 saturated heterocycles. The Morgan fingerprint density at radius 3 is 1.80 bits per heavy atom. The summed E-state index contributed by atoms with van der Waals surface area (Å²) in [6.45, 7) is 0. The summed E-state index contributed by atoms with van der Waals surface area (Å²) >= 11 is 1.84. The first-order valence-electron chi connectivity index (χ1n) is 14.7. The van der Waals surface area contributed by atoms with Crippen molar-refractivity contribution in [3.05, 3.63) is 140 Å². The van der Waals surface area contributed by atoms with Gasteiger partial charge in [-0.3, -0.25) is 0 Å². The molecular formula is C40H23NO2S. The molecule has 206 valence electrons. The van der Waals surface area contributed by atoms with Crippen molar-refractivity contribution in [3.63, 3.8) is 0 Å². The van der Waals surface area contributed by atoms with Crippen molar-refractivity contribution in [3.8, 4) is 0 Å². The normalized spacial score (nSPS) is 12.1. The van der Waals surface area contributed by atoms with Gasteiger partial charge in [-0.2, -0.15) is 0 Å². The van der Waals surface area contributed by atoms with Gasteiger partial charge >= 0.3 is 0 Å². The van der Waals surface area contributed by atoms with Gasteiger partial charge in [0.05, 0.1) is 0 Å². The van der Waals surface area contributed by atoms with Gasteiger partial charge in [-0.15, -0.1) is 11.3 Å². The minimum absolute atomic E-state index is 0.891. The van der Waals surface area contributed by atoms with E-state index in [2.05, 4.69) is 120 Å². The molecule has 3 heterocycles. The molecular weight excluding hydrogens is 559 g/mol. The molecule has 0 N–H and O–H groups in total. The highest BCUT2D eigenvalue weighted by Crippen LogP contribution is 2.43. The lowest BCUT2D eigenvalue weighted by atomic mass is 10.0. The van der Waals surface area contributed by atoms with Crippen molar-refractivity contribution in [2.75, 3.05) is 4.90 Å². The van der Waals surface area contributed by atoms with Crippen molar-refractivity contribution < 1.29 is 8.83 Å². The molecule has 0 amide bonds. The molecule has 3 nitrogen and oxygen atoms in total. The highest BCUT2D eigenvalue weighted by atomic mass is 32.1. The van der Waals surface area contributed by atoms with Crippen molar-refractivity contribution in [2.45, 2.75) is 0 Å². The topological polar surface area (TPSA) is 29.5 Å². The first kappa shape index (κ1) is 23.9. The third kappa shape index (κ3) is 3.49. The summed E-state index contributed by atoms with van der Waals surface area (Å²) in [5, 5.41) is 9.42. The fraction of sp³-hybridized carbons (Fsp3) is 0. The number of thiophene rings is 1. The SMILES string of the molecule is c1ccc2c(c1)oc1ccc(N(c3ccc4cc5oc6ccccc6c5cc4c3)c3ccc4c(c3)sc3ccccc34)cc12. The molecule has 7 aromatic carbocycles. The minimum atomic E-state index is 0.891. The van der Waals surface area contributed by atoms with E-state index in [4.69, 9.17) is 8.83 Å². The second-order valence-corrected chi connectivity index (χ2v) is 12.5. The van der Waals surface area contributed by atoms with Crippen LogP contribution in [0.25, 0.3) is 74.8 Å². The van der Waals surface area contributed by atoms with E-state index in [1.165, 1.54) is 25.6 Å². The average molecular weight is 582 g/mol. The summed E-state index contributed by atoms with van der Waals surface area (Å²) in [6, 6.07) is 49.7. The zero-order valence-electron chi connectivity index (χ0n) is 23.5. The Labute approximate surface area is 255 Å². The predicted octanol–water partition coefficient (Wildman–Crippen LogP) is 12.5. The van der Waals surface area contributed by atoms with Crippen LogP contribution in [0, 0.1) is 0 Å². The molecule has 0 aliphatic heterocycles. The lowest BCUT2D eigenvalue weighted by molar-refractivity contribution is 0.669. The number of benzene rings is 7. The number of anilines is 3. The van der Waals surface area contributed by atoms with Crippen LogP contribution in [0.3, 0.4) is 0 Å². The third-order valence-corrected chi connectivity index (χ3v) is 9.95. The molecule has 44 heavy (non-hydrogen) atoms. The highest BCUT2D eigenvalue weighted by Gasteiger charge is 2.18. The summed E-state index contributed by atoms with van der Waals surface area (Å²) in [6.07, 6.45) is 0. The van der Waals surface area contributed by atoms with Gasteiger partial charge in [0.25, 0.3) is 0 Å². The van der Waals surface area contributed by atoms with Crippen LogP contribution in [-0.2, 0) is 0 Å². The lowest BCUT2D eigenvalue weighted by Crippen LogP contribution is -2.09. The molecule has 0 bridgehead atoms. The Balaban J connectivity index is 1.22. The summed E-state index contributed by atoms with van der Waals surface area (Å²) in [7, 11) is 0. The van der Waals surface area contributed by atoms with E-state index in [-0.39, 0.29) is 0 Å². The van der Waals surface area contributed by atoms with Crippen LogP contribution in [0.1, 0.15) is 0 Å². The highest BCUT2D eigenvalue weighted by molar-refractivity contribution is 7.25. The Kier molecular flexibility index (Phi) is 4.87. The number of nitrogens with zero attached hydrogens (tertiary/aromatic N) is 1. The molecule has 0 spiro atoms. The molecule has 10 aromatic rings. The smallest absolute Gasteiger partial charge is 0.136 e. The van der Waals surface area contributed by atoms with E-state index in [0.717, 1.165) is 66.3 Å². The first-order valence-corrected chi connectivity index (χ1v) is 15.6. The molecule has 0 fully saturated rings. The maximum absolute atomic E-state index is 6.19. The zero-order valence-corrected chi connectivity index (χ0v) is 24.3. The van der Waals surface area contributed by atoms with Crippen LogP contribution in [0.2, 0.25) is 0 Å². The van der Waals surface area contributed by atoms with E-state index in [0.29, 0.717) is 0 Å². The van der Waals surface area contributed by atoms with Gasteiger partial charge in [0.2, 0.25) is 0 Å². The summed E-state index contributed by atoms with van der Waals surface area (Å²) < 4.78 is 15.0. The van der Waals surface area contributed by atoms with Gasteiger partial charge < -0.3 is 13.7 Å². The molecule has 3 aromatic heterocycles. The number of para-hydroxylation sites is 2. The van der Waals surface area contributed by atoms with Crippen LogP contribution in [0.5, 0.6) is 0 Å². The summed E-state index contributed by atoms with van der Waals surface area (Å²) in [4.78, 5) is 2.36. The van der Waals surface area contributed by atoms with Gasteiger partial charge in [-0.1, -0.05) is 66.7 Å². The molecule has 0 aliphatic rings. The molecule has 0 radical (unpaired) electrons. The average Bonchev–Trinajstić information content (AvgIpc) is 3.74.